The summed E-state index contributed by atoms with van der Waals surface area (Å²) in [5.74, 6) is -0.169. The minimum absolute atomic E-state index is 0.0306. The van der Waals surface area contributed by atoms with Gasteiger partial charge >= 0.3 is 5.76 Å². The molecule has 0 amide bonds. The zero-order valence-electron chi connectivity index (χ0n) is 18.4. The smallest absolute Gasteiger partial charge is 0.417 e. The average molecular weight is 440 g/mol. The van der Waals surface area contributed by atoms with Gasteiger partial charge in [0, 0.05) is 11.6 Å². The maximum atomic E-state index is 11.2. The van der Waals surface area contributed by atoms with Crippen LogP contribution in [0.15, 0.2) is 39.5 Å². The van der Waals surface area contributed by atoms with Gasteiger partial charge in [-0.15, -0.1) is 0 Å². The predicted octanol–water partition coefficient (Wildman–Crippen LogP) is 3.67. The van der Waals surface area contributed by atoms with Crippen LogP contribution < -0.4 is 16.8 Å². The summed E-state index contributed by atoms with van der Waals surface area (Å²) in [4.78, 5) is 13.9. The van der Waals surface area contributed by atoms with Crippen LogP contribution in [0.3, 0.4) is 0 Å². The highest BCUT2D eigenvalue weighted by atomic mass is 16.4. The van der Waals surface area contributed by atoms with Gasteiger partial charge in [0.2, 0.25) is 0 Å². The number of hydrogen-bond donors (Lipinski definition) is 5. The Morgan fingerprint density at radius 3 is 2.81 bits per heavy atom. The molecular formula is C25H33N3O4. The van der Waals surface area contributed by atoms with Gasteiger partial charge in [-0.2, -0.15) is 0 Å². The Morgan fingerprint density at radius 2 is 1.94 bits per heavy atom. The Bertz CT molecular complexity index is 1100. The molecule has 2 aromatic carbocycles. The lowest BCUT2D eigenvalue weighted by molar-refractivity contribution is 0.380. The van der Waals surface area contributed by atoms with E-state index >= 15 is 0 Å². The summed E-state index contributed by atoms with van der Waals surface area (Å²) < 4.78 is 5.11. The van der Waals surface area contributed by atoms with E-state index in [9.17, 15) is 15.0 Å². The molecule has 1 aliphatic carbocycles. The van der Waals surface area contributed by atoms with Crippen molar-refractivity contribution in [3.63, 3.8) is 0 Å². The molecule has 0 aliphatic heterocycles. The number of benzene rings is 2. The van der Waals surface area contributed by atoms with E-state index in [0.717, 1.165) is 80.2 Å². The summed E-state index contributed by atoms with van der Waals surface area (Å²) in [6, 6.07) is 9.45. The lowest BCUT2D eigenvalue weighted by Crippen LogP contribution is -2.33. The molecule has 0 saturated heterocycles. The van der Waals surface area contributed by atoms with Crippen molar-refractivity contribution in [3.05, 3.63) is 57.6 Å². The third kappa shape index (κ3) is 5.16. The normalized spacial score (nSPS) is 18.2. The fourth-order valence-electron chi connectivity index (χ4n) is 4.83. The molecule has 172 valence electrons. The van der Waals surface area contributed by atoms with Gasteiger partial charge in [0.15, 0.2) is 17.1 Å². The Labute approximate surface area is 187 Å². The molecule has 32 heavy (non-hydrogen) atoms. The minimum atomic E-state index is -0.414. The number of nitrogens with two attached hydrogens (primary N) is 1. The second-order valence-electron chi connectivity index (χ2n) is 8.86. The van der Waals surface area contributed by atoms with E-state index in [0.29, 0.717) is 5.58 Å². The number of oxazole rings is 1. The van der Waals surface area contributed by atoms with Crippen molar-refractivity contribution in [1.82, 2.24) is 10.3 Å². The first kappa shape index (κ1) is 22.4. The number of hydrogen-bond acceptors (Lipinski definition) is 6. The van der Waals surface area contributed by atoms with Crippen LogP contribution in [0.5, 0.6) is 11.5 Å². The summed E-state index contributed by atoms with van der Waals surface area (Å²) >= 11 is 0. The summed E-state index contributed by atoms with van der Waals surface area (Å²) in [6.07, 6.45) is 8.07. The molecule has 1 aromatic heterocycles. The van der Waals surface area contributed by atoms with Crippen LogP contribution in [-0.2, 0) is 12.8 Å². The van der Waals surface area contributed by atoms with E-state index in [2.05, 4.69) is 10.3 Å². The molecule has 2 unspecified atom stereocenters. The molecule has 0 saturated carbocycles. The first-order valence-electron chi connectivity index (χ1n) is 11.6. The first-order valence-corrected chi connectivity index (χ1v) is 11.6. The summed E-state index contributed by atoms with van der Waals surface area (Å²) in [5.41, 5.74) is 10.9. The Morgan fingerprint density at radius 1 is 1.09 bits per heavy atom. The van der Waals surface area contributed by atoms with Gasteiger partial charge < -0.3 is 25.7 Å². The molecule has 0 fully saturated rings. The molecule has 1 aliphatic rings. The van der Waals surface area contributed by atoms with E-state index in [1.807, 2.05) is 24.3 Å². The van der Waals surface area contributed by atoms with E-state index in [4.69, 9.17) is 10.2 Å². The fraction of sp³-hybridized carbons (Fsp3) is 0.480. The highest BCUT2D eigenvalue weighted by Gasteiger charge is 2.29. The van der Waals surface area contributed by atoms with Gasteiger partial charge in [-0.25, -0.2) is 4.79 Å². The summed E-state index contributed by atoms with van der Waals surface area (Å²) in [5, 5.41) is 23.4. The van der Waals surface area contributed by atoms with Gasteiger partial charge in [0.05, 0.1) is 5.52 Å². The van der Waals surface area contributed by atoms with Gasteiger partial charge in [-0.1, -0.05) is 31.4 Å². The number of aromatic amines is 1. The summed E-state index contributed by atoms with van der Waals surface area (Å²) in [7, 11) is 0. The maximum absolute atomic E-state index is 11.2. The van der Waals surface area contributed by atoms with E-state index < -0.39 is 5.76 Å². The predicted molar refractivity (Wildman–Crippen MR) is 125 cm³/mol. The number of H-pyrrole nitrogens is 1. The van der Waals surface area contributed by atoms with Crippen LogP contribution in [-0.4, -0.2) is 34.3 Å². The molecule has 4 rings (SSSR count). The van der Waals surface area contributed by atoms with Crippen LogP contribution >= 0.6 is 0 Å². The number of aromatic hydroxyl groups is 2. The van der Waals surface area contributed by atoms with E-state index in [1.165, 1.54) is 6.42 Å². The number of unbranched alkanes of at least 4 members (excludes halogenated alkanes) is 3. The Balaban J connectivity index is 1.12. The number of rotatable bonds is 10. The Kier molecular flexibility index (Phi) is 7.17. The highest BCUT2D eigenvalue weighted by molar-refractivity contribution is 5.72. The second-order valence-corrected chi connectivity index (χ2v) is 8.86. The zero-order valence-corrected chi connectivity index (χ0v) is 18.4. The van der Waals surface area contributed by atoms with Crippen molar-refractivity contribution in [2.75, 3.05) is 13.1 Å². The average Bonchev–Trinajstić information content (AvgIpc) is 3.15. The molecule has 1 heterocycles. The lowest BCUT2D eigenvalue weighted by atomic mass is 9.76. The maximum Gasteiger partial charge on any atom is 0.417 e. The SMILES string of the molecule is NC1CCc2c(ccc(O)c2O)C1CCCCCCNCCc1ccc2[nH]c(=O)oc2c1. The van der Waals surface area contributed by atoms with Crippen molar-refractivity contribution in [2.24, 2.45) is 5.73 Å². The van der Waals surface area contributed by atoms with Crippen LogP contribution in [0, 0.1) is 0 Å². The standard InChI is InChI=1S/C25H33N3O4/c26-20-9-7-19-17(8-11-22(29)24(19)30)18(20)5-3-1-2-4-13-27-14-12-16-6-10-21-23(15-16)32-25(31)28-21/h6,8,10-11,15,18,20,27,29-30H,1-5,7,9,12-14,26H2,(H,28,31). The van der Waals surface area contributed by atoms with Crippen molar-refractivity contribution in [3.8, 4) is 11.5 Å². The molecule has 0 spiro atoms. The topological polar surface area (TPSA) is 125 Å². The minimum Gasteiger partial charge on any atom is -0.504 e. The van der Waals surface area contributed by atoms with Crippen molar-refractivity contribution < 1.29 is 14.6 Å². The lowest BCUT2D eigenvalue weighted by Gasteiger charge is -2.32. The first-order chi connectivity index (χ1) is 15.5. The van der Waals surface area contributed by atoms with Crippen LogP contribution in [0.1, 0.15) is 61.1 Å². The van der Waals surface area contributed by atoms with E-state index in [-0.39, 0.29) is 23.5 Å². The van der Waals surface area contributed by atoms with E-state index in [1.54, 1.807) is 6.07 Å². The zero-order chi connectivity index (χ0) is 22.5. The van der Waals surface area contributed by atoms with Crippen LogP contribution in [0.4, 0.5) is 0 Å². The molecule has 7 nitrogen and oxygen atoms in total. The monoisotopic (exact) mass is 439 g/mol. The van der Waals surface area contributed by atoms with Crippen LogP contribution in [0.25, 0.3) is 11.1 Å². The second kappa shape index (κ2) is 10.2. The fourth-order valence-corrected chi connectivity index (χ4v) is 4.83. The van der Waals surface area contributed by atoms with Crippen LogP contribution in [0.2, 0.25) is 0 Å². The number of phenols is 2. The van der Waals surface area contributed by atoms with Gasteiger partial charge in [-0.05, 0) is 80.4 Å². The third-order valence-electron chi connectivity index (χ3n) is 6.64. The van der Waals surface area contributed by atoms with Crippen molar-refractivity contribution in [1.29, 1.82) is 0 Å². The Hall–Kier alpha value is -2.77. The number of fused-ring (bicyclic) bond motifs is 2. The molecule has 6 N–H and O–H groups in total. The summed E-state index contributed by atoms with van der Waals surface area (Å²) in [6.45, 7) is 1.88. The molecule has 0 bridgehead atoms. The van der Waals surface area contributed by atoms with Gasteiger partial charge in [0.25, 0.3) is 0 Å². The molecule has 2 atom stereocenters. The largest absolute Gasteiger partial charge is 0.504 e. The van der Waals surface area contributed by atoms with Gasteiger partial charge in [0.1, 0.15) is 0 Å². The molecule has 3 aromatic rings. The third-order valence-corrected chi connectivity index (χ3v) is 6.64. The molecule has 7 heteroatoms. The number of aromatic nitrogens is 1. The van der Waals surface area contributed by atoms with Crippen molar-refractivity contribution in [2.45, 2.75) is 63.3 Å². The highest BCUT2D eigenvalue weighted by Crippen LogP contribution is 2.42. The number of nitrogens with one attached hydrogen (secondary N) is 2. The van der Waals surface area contributed by atoms with Gasteiger partial charge in [-0.3, -0.25) is 4.98 Å². The molecule has 0 radical (unpaired) electrons. The number of phenolic OH excluding ortho intramolecular Hbond substituents is 2. The van der Waals surface area contributed by atoms with Crippen molar-refractivity contribution >= 4 is 11.1 Å². The quantitative estimate of drug-likeness (QED) is 0.242. The molecular weight excluding hydrogens is 406 g/mol.